The van der Waals surface area contributed by atoms with Crippen molar-refractivity contribution >= 4 is 40.5 Å². The van der Waals surface area contributed by atoms with E-state index in [1.807, 2.05) is 0 Å². The van der Waals surface area contributed by atoms with Gasteiger partial charge < -0.3 is 10.6 Å². The van der Waals surface area contributed by atoms with Crippen LogP contribution >= 0.6 is 23.8 Å². The maximum Gasteiger partial charge on any atom is 0.226 e. The molecule has 0 saturated heterocycles. The van der Waals surface area contributed by atoms with Gasteiger partial charge in [-0.3, -0.25) is 4.79 Å². The summed E-state index contributed by atoms with van der Waals surface area (Å²) in [5, 5.41) is 5.57. The van der Waals surface area contributed by atoms with Crippen LogP contribution < -0.4 is 10.6 Å². The van der Waals surface area contributed by atoms with Gasteiger partial charge in [0.1, 0.15) is 5.82 Å². The largest absolute Gasteiger partial charge is 0.332 e. The van der Waals surface area contributed by atoms with E-state index in [4.69, 9.17) is 23.8 Å². The Morgan fingerprint density at radius 2 is 2.10 bits per heavy atom. The third kappa shape index (κ3) is 6.30. The first-order valence-corrected chi connectivity index (χ1v) is 7.37. The fourth-order valence-electron chi connectivity index (χ4n) is 1.64. The maximum absolute atomic E-state index is 13.0. The summed E-state index contributed by atoms with van der Waals surface area (Å²) in [6, 6.07) is 4.15. The number of nitrogens with one attached hydrogen (secondary N) is 2. The van der Waals surface area contributed by atoms with Crippen LogP contribution in [0.25, 0.3) is 0 Å². The molecule has 0 unspecified atom stereocenters. The molecule has 0 radical (unpaired) electrons. The first kappa shape index (κ1) is 16.9. The minimum atomic E-state index is -0.497. The zero-order chi connectivity index (χ0) is 15.0. The average Bonchev–Trinajstić information content (AvgIpc) is 2.39. The molecule has 0 bridgehead atoms. The van der Waals surface area contributed by atoms with Gasteiger partial charge in [-0.15, -0.1) is 0 Å². The highest BCUT2D eigenvalue weighted by atomic mass is 35.5. The van der Waals surface area contributed by atoms with E-state index in [0.717, 1.165) is 25.7 Å². The van der Waals surface area contributed by atoms with Crippen LogP contribution in [-0.2, 0) is 4.79 Å². The lowest BCUT2D eigenvalue weighted by Gasteiger charge is -2.10. The Morgan fingerprint density at radius 1 is 1.35 bits per heavy atom. The highest BCUT2D eigenvalue weighted by molar-refractivity contribution is 7.80. The van der Waals surface area contributed by atoms with Gasteiger partial charge >= 0.3 is 0 Å². The van der Waals surface area contributed by atoms with Crippen molar-refractivity contribution in [3.8, 4) is 0 Å². The summed E-state index contributed by atoms with van der Waals surface area (Å²) in [7, 11) is 0. The molecule has 6 heteroatoms. The van der Waals surface area contributed by atoms with Crippen LogP contribution in [0, 0.1) is 5.82 Å². The molecule has 0 spiro atoms. The molecule has 0 aliphatic carbocycles. The molecule has 0 fully saturated rings. The Balaban J connectivity index is 2.35. The molecule has 0 heterocycles. The van der Waals surface area contributed by atoms with Gasteiger partial charge in [-0.1, -0.05) is 37.8 Å². The molecule has 1 aromatic carbocycles. The lowest BCUT2D eigenvalue weighted by atomic mass is 10.1. The van der Waals surface area contributed by atoms with E-state index in [1.165, 1.54) is 18.2 Å². The number of hydrogen-bond acceptors (Lipinski definition) is 2. The number of anilines is 1. The summed E-state index contributed by atoms with van der Waals surface area (Å²) >= 11 is 10.7. The summed E-state index contributed by atoms with van der Waals surface area (Å²) in [5.41, 5.74) is 0.535. The molecule has 0 atom stereocenters. The molecular formula is C14H18ClFN2OS. The van der Waals surface area contributed by atoms with Crippen LogP contribution in [-0.4, -0.2) is 11.0 Å². The first-order valence-electron chi connectivity index (χ1n) is 6.58. The Kier molecular flexibility index (Phi) is 7.47. The molecule has 0 saturated carbocycles. The minimum Gasteiger partial charge on any atom is -0.332 e. The minimum absolute atomic E-state index is 0.00342. The molecule has 0 aliphatic heterocycles. The monoisotopic (exact) mass is 316 g/mol. The van der Waals surface area contributed by atoms with Crippen LogP contribution in [0.2, 0.25) is 5.02 Å². The number of benzene rings is 1. The molecule has 1 amide bonds. The van der Waals surface area contributed by atoms with Gasteiger partial charge in [0.05, 0.1) is 5.02 Å². The van der Waals surface area contributed by atoms with Gasteiger partial charge in [0.25, 0.3) is 0 Å². The summed E-state index contributed by atoms with van der Waals surface area (Å²) in [6.07, 6.45) is 4.60. The van der Waals surface area contributed by atoms with Crippen molar-refractivity contribution in [2.24, 2.45) is 0 Å². The standard InChI is InChI=1S/C14H18ClFN2OS/c1-2-3-4-5-6-13(19)18-14(20)17-10-7-8-12(16)11(15)9-10/h7-9H,2-6H2,1H3,(H2,17,18,19,20). The van der Waals surface area contributed by atoms with Crippen molar-refractivity contribution in [2.45, 2.75) is 39.0 Å². The number of carbonyl (C=O) groups is 1. The Labute approximate surface area is 128 Å². The summed E-state index contributed by atoms with van der Waals surface area (Å²) < 4.78 is 13.0. The third-order valence-electron chi connectivity index (χ3n) is 2.69. The lowest BCUT2D eigenvalue weighted by Crippen LogP contribution is -2.33. The van der Waals surface area contributed by atoms with Gasteiger partial charge in [-0.2, -0.15) is 0 Å². The highest BCUT2D eigenvalue weighted by Gasteiger charge is 2.06. The molecule has 0 aromatic heterocycles. The third-order valence-corrected chi connectivity index (χ3v) is 3.18. The van der Waals surface area contributed by atoms with Gasteiger partial charge in [-0.25, -0.2) is 4.39 Å². The average molecular weight is 317 g/mol. The zero-order valence-corrected chi connectivity index (χ0v) is 12.9. The fraction of sp³-hybridized carbons (Fsp3) is 0.429. The van der Waals surface area contributed by atoms with E-state index in [2.05, 4.69) is 17.6 Å². The summed E-state index contributed by atoms with van der Waals surface area (Å²) in [4.78, 5) is 11.6. The topological polar surface area (TPSA) is 41.1 Å². The van der Waals surface area contributed by atoms with Crippen LogP contribution in [0.5, 0.6) is 0 Å². The Morgan fingerprint density at radius 3 is 2.75 bits per heavy atom. The number of rotatable bonds is 6. The number of amides is 1. The molecule has 20 heavy (non-hydrogen) atoms. The van der Waals surface area contributed by atoms with Crippen LogP contribution in [0.15, 0.2) is 18.2 Å². The van der Waals surface area contributed by atoms with Crippen molar-refractivity contribution in [1.82, 2.24) is 5.32 Å². The molecular weight excluding hydrogens is 299 g/mol. The second-order valence-corrected chi connectivity index (χ2v) is 5.26. The Bertz CT molecular complexity index is 482. The van der Waals surface area contributed by atoms with E-state index in [9.17, 15) is 9.18 Å². The van der Waals surface area contributed by atoms with Crippen molar-refractivity contribution in [3.63, 3.8) is 0 Å². The van der Waals surface area contributed by atoms with E-state index < -0.39 is 5.82 Å². The van der Waals surface area contributed by atoms with Gasteiger partial charge in [0, 0.05) is 12.1 Å². The number of hydrogen-bond donors (Lipinski definition) is 2. The molecule has 0 aliphatic rings. The van der Waals surface area contributed by atoms with Gasteiger partial charge in [-0.05, 0) is 36.8 Å². The van der Waals surface area contributed by atoms with Crippen molar-refractivity contribution < 1.29 is 9.18 Å². The SMILES string of the molecule is CCCCCCC(=O)NC(=S)Nc1ccc(F)c(Cl)c1. The highest BCUT2D eigenvalue weighted by Crippen LogP contribution is 2.19. The quantitative estimate of drug-likeness (QED) is 0.608. The fourth-order valence-corrected chi connectivity index (χ4v) is 2.05. The lowest BCUT2D eigenvalue weighted by molar-refractivity contribution is -0.119. The normalized spacial score (nSPS) is 10.2. The zero-order valence-electron chi connectivity index (χ0n) is 11.3. The summed E-state index contributed by atoms with van der Waals surface area (Å²) in [6.45, 7) is 2.12. The predicted molar refractivity (Wildman–Crippen MR) is 84.5 cm³/mol. The molecule has 2 N–H and O–H groups in total. The molecule has 110 valence electrons. The van der Waals surface area contributed by atoms with Gasteiger partial charge in [0.2, 0.25) is 5.91 Å². The predicted octanol–water partition coefficient (Wildman–Crippen LogP) is 4.26. The van der Waals surface area contributed by atoms with E-state index in [1.54, 1.807) is 0 Å². The smallest absolute Gasteiger partial charge is 0.226 e. The number of thiocarbonyl (C=S) groups is 1. The van der Waals surface area contributed by atoms with Crippen molar-refractivity contribution in [1.29, 1.82) is 0 Å². The second-order valence-electron chi connectivity index (χ2n) is 4.44. The Hall–Kier alpha value is -1.20. The van der Waals surface area contributed by atoms with Gasteiger partial charge in [0.15, 0.2) is 5.11 Å². The number of halogens is 2. The number of unbranched alkanes of at least 4 members (excludes halogenated alkanes) is 3. The second kappa shape index (κ2) is 8.87. The molecule has 3 nitrogen and oxygen atoms in total. The first-order chi connectivity index (χ1) is 9.52. The number of carbonyl (C=O) groups excluding carboxylic acids is 1. The summed E-state index contributed by atoms with van der Waals surface area (Å²) in [5.74, 6) is -0.616. The van der Waals surface area contributed by atoms with Crippen LogP contribution in [0.1, 0.15) is 39.0 Å². The van der Waals surface area contributed by atoms with Crippen molar-refractivity contribution in [3.05, 3.63) is 29.0 Å². The van der Waals surface area contributed by atoms with Crippen molar-refractivity contribution in [2.75, 3.05) is 5.32 Å². The van der Waals surface area contributed by atoms with Crippen LogP contribution in [0.4, 0.5) is 10.1 Å². The van der Waals surface area contributed by atoms with Crippen LogP contribution in [0.3, 0.4) is 0 Å². The molecule has 1 aromatic rings. The van der Waals surface area contributed by atoms with E-state index in [0.29, 0.717) is 12.1 Å². The molecule has 1 rings (SSSR count). The van der Waals surface area contributed by atoms with E-state index in [-0.39, 0.29) is 16.0 Å². The maximum atomic E-state index is 13.0. The van der Waals surface area contributed by atoms with E-state index >= 15 is 0 Å².